The van der Waals surface area contributed by atoms with E-state index >= 15 is 0 Å². The van der Waals surface area contributed by atoms with Crippen LogP contribution in [0.2, 0.25) is 0 Å². The summed E-state index contributed by atoms with van der Waals surface area (Å²) in [6.07, 6.45) is -3.00. The minimum Gasteiger partial charge on any atom is -0.492 e. The first-order valence-electron chi connectivity index (χ1n) is 8.21. The monoisotopic (exact) mass is 375 g/mol. The highest BCUT2D eigenvalue weighted by Gasteiger charge is 2.38. The number of nitrogens with one attached hydrogen (secondary N) is 1. The summed E-state index contributed by atoms with van der Waals surface area (Å²) in [6, 6.07) is 11.2. The molecule has 0 aromatic heterocycles. The molecule has 1 heterocycles. The van der Waals surface area contributed by atoms with E-state index in [1.807, 2.05) is 13.0 Å². The Hall–Kier alpha value is -3.09. The number of hydrogen-bond acceptors (Lipinski definition) is 3. The van der Waals surface area contributed by atoms with E-state index in [0.29, 0.717) is 35.5 Å². The van der Waals surface area contributed by atoms with Crippen molar-refractivity contribution in [1.82, 2.24) is 0 Å². The number of ether oxygens (including phenoxy) is 1. The second-order valence-electron chi connectivity index (χ2n) is 6.13. The van der Waals surface area contributed by atoms with E-state index in [1.165, 1.54) is 18.2 Å². The van der Waals surface area contributed by atoms with Gasteiger partial charge >= 0.3 is 12.1 Å². The zero-order chi connectivity index (χ0) is 19.6. The second-order valence-corrected chi connectivity index (χ2v) is 6.13. The van der Waals surface area contributed by atoms with Gasteiger partial charge in [-0.05, 0) is 42.3 Å². The fourth-order valence-corrected chi connectivity index (χ4v) is 2.82. The molecule has 0 unspecified atom stereocenters. The molecule has 1 aliphatic heterocycles. The number of para-hydroxylation sites is 1. The molecule has 0 saturated heterocycles. The summed E-state index contributed by atoms with van der Waals surface area (Å²) in [6.45, 7) is 2.17. The van der Waals surface area contributed by atoms with Crippen molar-refractivity contribution in [2.24, 2.45) is 0 Å². The molecule has 4 nitrogen and oxygen atoms in total. The highest BCUT2D eigenvalue weighted by Crippen LogP contribution is 2.30. The maximum Gasteiger partial charge on any atom is 0.471 e. The molecule has 0 saturated carbocycles. The average Bonchev–Trinajstić information content (AvgIpc) is 2.75. The van der Waals surface area contributed by atoms with Crippen LogP contribution in [0.1, 0.15) is 27.9 Å². The number of hydrogen-bond donors (Lipinski definition) is 1. The van der Waals surface area contributed by atoms with Crippen LogP contribution in [0.25, 0.3) is 6.08 Å². The van der Waals surface area contributed by atoms with Crippen LogP contribution in [-0.4, -0.2) is 24.5 Å². The molecule has 3 rings (SSSR count). The molecule has 1 N–H and O–H groups in total. The van der Waals surface area contributed by atoms with Gasteiger partial charge in [-0.2, -0.15) is 13.2 Å². The summed E-state index contributed by atoms with van der Waals surface area (Å²) in [4.78, 5) is 23.9. The number of carbonyl (C=O) groups excluding carboxylic acids is 2. The molecule has 0 atom stereocenters. The minimum absolute atomic E-state index is 0.000223. The molecule has 0 bridgehead atoms. The van der Waals surface area contributed by atoms with Crippen molar-refractivity contribution in [1.29, 1.82) is 0 Å². The summed E-state index contributed by atoms with van der Waals surface area (Å²) in [5, 5.41) is 1.80. The van der Waals surface area contributed by atoms with Gasteiger partial charge in [0.05, 0.1) is 12.2 Å². The highest BCUT2D eigenvalue weighted by molar-refractivity contribution is 6.13. The van der Waals surface area contributed by atoms with Crippen molar-refractivity contribution in [2.75, 3.05) is 11.9 Å². The number of aryl methyl sites for hydroxylation is 1. The van der Waals surface area contributed by atoms with Crippen LogP contribution in [0.4, 0.5) is 18.9 Å². The molecule has 27 heavy (non-hydrogen) atoms. The van der Waals surface area contributed by atoms with E-state index < -0.39 is 12.1 Å². The number of benzene rings is 2. The molecule has 2 aromatic carbocycles. The third kappa shape index (κ3) is 4.19. The van der Waals surface area contributed by atoms with Crippen LogP contribution in [0.5, 0.6) is 5.75 Å². The van der Waals surface area contributed by atoms with E-state index in [1.54, 1.807) is 29.6 Å². The zero-order valence-electron chi connectivity index (χ0n) is 14.4. The lowest BCUT2D eigenvalue weighted by Gasteiger charge is -2.09. The number of Topliss-reactive ketones (excluding diaryl/α,β-unsaturated/α-hetero) is 1. The standard InChI is InChI=1S/C20H16F3NO3/c1-12-4-2-7-16-17(25)14(8-9-27-18(12)16)10-13-5-3-6-15(11-13)24-19(26)20(21,22)23/h2-7,10-11H,8-9H2,1H3,(H,24,26)/b14-10+. The van der Waals surface area contributed by atoms with Gasteiger partial charge < -0.3 is 10.1 Å². The van der Waals surface area contributed by atoms with Crippen LogP contribution >= 0.6 is 0 Å². The third-order valence-corrected chi connectivity index (χ3v) is 4.11. The first-order valence-corrected chi connectivity index (χ1v) is 8.21. The van der Waals surface area contributed by atoms with Crippen LogP contribution in [0, 0.1) is 6.92 Å². The number of rotatable bonds is 2. The quantitative estimate of drug-likeness (QED) is 0.784. The Kier molecular flexibility index (Phi) is 5.03. The zero-order valence-corrected chi connectivity index (χ0v) is 14.4. The van der Waals surface area contributed by atoms with Crippen LogP contribution in [0.3, 0.4) is 0 Å². The molecule has 2 aromatic rings. The topological polar surface area (TPSA) is 55.4 Å². The van der Waals surface area contributed by atoms with Crippen molar-refractivity contribution >= 4 is 23.5 Å². The van der Waals surface area contributed by atoms with Gasteiger partial charge in [0, 0.05) is 17.7 Å². The maximum absolute atomic E-state index is 12.8. The summed E-state index contributed by atoms with van der Waals surface area (Å²) in [5.41, 5.74) is 2.31. The SMILES string of the molecule is Cc1cccc2c1OCC/C(=C\c1cccc(NC(=O)C(F)(F)F)c1)C2=O. The normalized spacial score (nSPS) is 15.7. The molecule has 1 aliphatic rings. The fourth-order valence-electron chi connectivity index (χ4n) is 2.82. The van der Waals surface area contributed by atoms with Gasteiger partial charge in [-0.3, -0.25) is 9.59 Å². The summed E-state index contributed by atoms with van der Waals surface area (Å²) in [7, 11) is 0. The molecule has 140 valence electrons. The Morgan fingerprint density at radius 2 is 1.93 bits per heavy atom. The van der Waals surface area contributed by atoms with Crippen molar-refractivity contribution in [3.05, 3.63) is 64.7 Å². The lowest BCUT2D eigenvalue weighted by molar-refractivity contribution is -0.167. The van der Waals surface area contributed by atoms with Gasteiger partial charge in [0.15, 0.2) is 5.78 Å². The molecular formula is C20H16F3NO3. The van der Waals surface area contributed by atoms with Gasteiger partial charge in [-0.25, -0.2) is 0 Å². The van der Waals surface area contributed by atoms with Gasteiger partial charge in [0.25, 0.3) is 0 Å². The summed E-state index contributed by atoms with van der Waals surface area (Å²) in [5.74, 6) is -1.68. The minimum atomic E-state index is -4.97. The smallest absolute Gasteiger partial charge is 0.471 e. The van der Waals surface area contributed by atoms with E-state index in [4.69, 9.17) is 4.74 Å². The van der Waals surface area contributed by atoms with Crippen molar-refractivity contribution in [3.63, 3.8) is 0 Å². The second kappa shape index (κ2) is 7.26. The van der Waals surface area contributed by atoms with Gasteiger partial charge in [-0.15, -0.1) is 0 Å². The number of fused-ring (bicyclic) bond motifs is 1. The Morgan fingerprint density at radius 1 is 1.19 bits per heavy atom. The number of amides is 1. The molecule has 0 spiro atoms. The Morgan fingerprint density at radius 3 is 2.67 bits per heavy atom. The number of alkyl halides is 3. The molecular weight excluding hydrogens is 359 g/mol. The molecule has 1 amide bonds. The summed E-state index contributed by atoms with van der Waals surface area (Å²) >= 11 is 0. The van der Waals surface area contributed by atoms with Crippen LogP contribution < -0.4 is 10.1 Å². The lowest BCUT2D eigenvalue weighted by atomic mass is 9.97. The highest BCUT2D eigenvalue weighted by atomic mass is 19.4. The summed E-state index contributed by atoms with van der Waals surface area (Å²) < 4.78 is 42.9. The van der Waals surface area contributed by atoms with Crippen molar-refractivity contribution in [2.45, 2.75) is 19.5 Å². The molecule has 0 radical (unpaired) electrons. The fraction of sp³-hybridized carbons (Fsp3) is 0.200. The predicted octanol–water partition coefficient (Wildman–Crippen LogP) is 4.54. The first kappa shape index (κ1) is 18.7. The van der Waals surface area contributed by atoms with E-state index in [9.17, 15) is 22.8 Å². The first-order chi connectivity index (χ1) is 12.8. The Labute approximate surface area is 153 Å². The van der Waals surface area contributed by atoms with Crippen LogP contribution in [0.15, 0.2) is 48.0 Å². The van der Waals surface area contributed by atoms with E-state index in [-0.39, 0.29) is 11.5 Å². The van der Waals surface area contributed by atoms with E-state index in [2.05, 4.69) is 0 Å². The number of halogens is 3. The molecule has 0 fully saturated rings. The number of ketones is 1. The maximum atomic E-state index is 12.8. The average molecular weight is 375 g/mol. The molecule has 0 aliphatic carbocycles. The molecule has 7 heteroatoms. The van der Waals surface area contributed by atoms with E-state index in [0.717, 1.165) is 5.56 Å². The Balaban J connectivity index is 1.89. The Bertz CT molecular complexity index is 932. The van der Waals surface area contributed by atoms with Gasteiger partial charge in [0.2, 0.25) is 0 Å². The largest absolute Gasteiger partial charge is 0.492 e. The van der Waals surface area contributed by atoms with Crippen molar-refractivity contribution < 1.29 is 27.5 Å². The number of anilines is 1. The van der Waals surface area contributed by atoms with Crippen molar-refractivity contribution in [3.8, 4) is 5.75 Å². The van der Waals surface area contributed by atoms with Gasteiger partial charge in [-0.1, -0.05) is 24.3 Å². The number of carbonyl (C=O) groups is 2. The predicted molar refractivity (Wildman–Crippen MR) is 94.7 cm³/mol. The lowest BCUT2D eigenvalue weighted by Crippen LogP contribution is -2.29. The van der Waals surface area contributed by atoms with Crippen LogP contribution in [-0.2, 0) is 4.79 Å². The third-order valence-electron chi connectivity index (χ3n) is 4.11. The van der Waals surface area contributed by atoms with Gasteiger partial charge in [0.1, 0.15) is 5.75 Å².